The van der Waals surface area contributed by atoms with Gasteiger partial charge in [0.25, 0.3) is 10.0 Å². The molecule has 0 spiro atoms. The lowest BCUT2D eigenvalue weighted by Gasteiger charge is -2.25. The highest BCUT2D eigenvalue weighted by Crippen LogP contribution is 2.37. The van der Waals surface area contributed by atoms with E-state index in [2.05, 4.69) is 0 Å². The molecule has 2 aromatic rings. The van der Waals surface area contributed by atoms with E-state index in [0.29, 0.717) is 22.2 Å². The molecule has 0 aliphatic carbocycles. The van der Waals surface area contributed by atoms with E-state index >= 15 is 0 Å². The molecule has 29 heavy (non-hydrogen) atoms. The lowest BCUT2D eigenvalue weighted by molar-refractivity contribution is -0.141. The molecule has 2 rings (SSSR count). The molecule has 6 nitrogen and oxygen atoms in total. The number of nitrogens with zero attached hydrogens (tertiary/aromatic N) is 1. The second-order valence-electron chi connectivity index (χ2n) is 5.66. The van der Waals surface area contributed by atoms with Crippen molar-refractivity contribution in [1.82, 2.24) is 0 Å². The number of methoxy groups -OCH3 is 1. The second-order valence-corrected chi connectivity index (χ2v) is 7.93. The molecule has 0 N–H and O–H groups in total. The number of esters is 1. The fraction of sp³-hybridized carbons (Fsp3) is 0.278. The summed E-state index contributed by atoms with van der Waals surface area (Å²) in [6.07, 6.45) is -4.74. The third-order valence-electron chi connectivity index (χ3n) is 3.77. The van der Waals surface area contributed by atoms with Gasteiger partial charge in [-0.25, -0.2) is 8.42 Å². The maximum atomic E-state index is 13.1. The van der Waals surface area contributed by atoms with Crippen LogP contribution < -0.4 is 9.04 Å². The Hall–Kier alpha value is -2.46. The molecule has 0 unspecified atom stereocenters. The van der Waals surface area contributed by atoms with Crippen LogP contribution >= 0.6 is 11.6 Å². The zero-order chi connectivity index (χ0) is 21.8. The molecule has 0 aliphatic rings. The third-order valence-corrected chi connectivity index (χ3v) is 5.86. The minimum absolute atomic E-state index is 0.0361. The zero-order valence-electron chi connectivity index (χ0n) is 15.4. The normalized spacial score (nSPS) is 11.8. The quantitative estimate of drug-likeness (QED) is 0.592. The van der Waals surface area contributed by atoms with Crippen molar-refractivity contribution in [3.8, 4) is 5.75 Å². The van der Waals surface area contributed by atoms with Crippen molar-refractivity contribution in [2.24, 2.45) is 0 Å². The molecule has 0 fully saturated rings. The number of anilines is 1. The Morgan fingerprint density at radius 3 is 2.28 bits per heavy atom. The van der Waals surface area contributed by atoms with Gasteiger partial charge in [0.05, 0.1) is 34.9 Å². The van der Waals surface area contributed by atoms with Gasteiger partial charge in [0.2, 0.25) is 0 Å². The first kappa shape index (κ1) is 22.8. The van der Waals surface area contributed by atoms with Gasteiger partial charge in [-0.2, -0.15) is 13.2 Å². The van der Waals surface area contributed by atoms with Gasteiger partial charge >= 0.3 is 12.1 Å². The van der Waals surface area contributed by atoms with E-state index in [1.165, 1.54) is 38.3 Å². The summed E-state index contributed by atoms with van der Waals surface area (Å²) in [6, 6.07) is 7.34. The molecule has 0 atom stereocenters. The average Bonchev–Trinajstić information content (AvgIpc) is 2.66. The summed E-state index contributed by atoms with van der Waals surface area (Å²) in [6.45, 7) is 0.617. The van der Waals surface area contributed by atoms with Crippen LogP contribution in [0, 0.1) is 0 Å². The summed E-state index contributed by atoms with van der Waals surface area (Å²) in [5.41, 5.74) is -1.61. The molecular weight excluding hydrogens is 435 g/mol. The number of alkyl halides is 3. The van der Waals surface area contributed by atoms with Gasteiger partial charge in [0.15, 0.2) is 0 Å². The van der Waals surface area contributed by atoms with Gasteiger partial charge in [-0.1, -0.05) is 11.6 Å². The molecule has 0 radical (unpaired) electrons. The fourth-order valence-electron chi connectivity index (χ4n) is 2.38. The van der Waals surface area contributed by atoms with Crippen molar-refractivity contribution in [3.63, 3.8) is 0 Å². The van der Waals surface area contributed by atoms with Crippen LogP contribution in [0.25, 0.3) is 0 Å². The first-order valence-corrected chi connectivity index (χ1v) is 10.0. The van der Waals surface area contributed by atoms with Crippen LogP contribution in [0.5, 0.6) is 5.75 Å². The monoisotopic (exact) mass is 451 g/mol. The molecule has 0 saturated carbocycles. The molecule has 0 aromatic heterocycles. The van der Waals surface area contributed by atoms with Crippen molar-refractivity contribution in [2.75, 3.05) is 24.6 Å². The van der Waals surface area contributed by atoms with E-state index < -0.39 is 40.0 Å². The number of ether oxygens (including phenoxy) is 2. The highest BCUT2D eigenvalue weighted by molar-refractivity contribution is 7.92. The van der Waals surface area contributed by atoms with Crippen molar-refractivity contribution < 1.29 is 35.9 Å². The summed E-state index contributed by atoms with van der Waals surface area (Å²) in [5.74, 6) is -0.573. The number of halogens is 4. The topological polar surface area (TPSA) is 72.9 Å². The molecule has 2 aromatic carbocycles. The summed E-state index contributed by atoms with van der Waals surface area (Å²) in [5, 5.41) is -0.278. The number of carbonyl (C=O) groups is 1. The molecule has 0 heterocycles. The maximum absolute atomic E-state index is 13.1. The number of benzene rings is 2. The van der Waals surface area contributed by atoms with Crippen LogP contribution in [0.4, 0.5) is 18.9 Å². The molecule has 0 amide bonds. The van der Waals surface area contributed by atoms with Gasteiger partial charge in [-0.05, 0) is 49.4 Å². The van der Waals surface area contributed by atoms with Gasteiger partial charge in [-0.15, -0.1) is 0 Å². The largest absolute Gasteiger partial charge is 0.497 e. The summed E-state index contributed by atoms with van der Waals surface area (Å²) < 4.78 is 75.9. The Morgan fingerprint density at radius 2 is 1.76 bits per heavy atom. The summed E-state index contributed by atoms with van der Waals surface area (Å²) in [4.78, 5) is 11.7. The molecular formula is C18H17ClF3NO5S. The Kier molecular flexibility index (Phi) is 7.02. The van der Waals surface area contributed by atoms with E-state index in [1.54, 1.807) is 0 Å². The molecule has 158 valence electrons. The van der Waals surface area contributed by atoms with Crippen LogP contribution in [0.2, 0.25) is 5.02 Å². The van der Waals surface area contributed by atoms with Crippen molar-refractivity contribution in [1.29, 1.82) is 0 Å². The van der Waals surface area contributed by atoms with Crippen molar-refractivity contribution in [3.05, 3.63) is 53.1 Å². The van der Waals surface area contributed by atoms with Crippen molar-refractivity contribution in [2.45, 2.75) is 18.0 Å². The first-order valence-electron chi connectivity index (χ1n) is 8.20. The van der Waals surface area contributed by atoms with Gasteiger partial charge in [-0.3, -0.25) is 9.10 Å². The van der Waals surface area contributed by atoms with Crippen LogP contribution in [0.1, 0.15) is 12.5 Å². The Morgan fingerprint density at radius 1 is 1.14 bits per heavy atom. The lowest BCUT2D eigenvalue weighted by Crippen LogP contribution is -2.37. The Balaban J connectivity index is 2.62. The predicted molar refractivity (Wildman–Crippen MR) is 101 cm³/mol. The van der Waals surface area contributed by atoms with Crippen LogP contribution in [0.15, 0.2) is 47.4 Å². The van der Waals surface area contributed by atoms with E-state index in [-0.39, 0.29) is 16.5 Å². The van der Waals surface area contributed by atoms with E-state index in [0.717, 1.165) is 6.07 Å². The Labute approximate surface area is 170 Å². The fourth-order valence-corrected chi connectivity index (χ4v) is 4.07. The number of hydrogen-bond acceptors (Lipinski definition) is 5. The number of rotatable bonds is 7. The van der Waals surface area contributed by atoms with Crippen LogP contribution in [0.3, 0.4) is 0 Å². The smallest absolute Gasteiger partial charge is 0.416 e. The first-order chi connectivity index (χ1) is 13.5. The maximum Gasteiger partial charge on any atom is 0.416 e. The lowest BCUT2D eigenvalue weighted by atomic mass is 10.2. The number of hydrogen-bond donors (Lipinski definition) is 0. The van der Waals surface area contributed by atoms with Crippen LogP contribution in [-0.4, -0.2) is 34.6 Å². The second kappa shape index (κ2) is 8.91. The molecule has 0 bridgehead atoms. The minimum atomic E-state index is -4.74. The average molecular weight is 452 g/mol. The SMILES string of the molecule is CCOC(=O)CN(c1cc(C(F)(F)F)ccc1Cl)S(=O)(=O)c1ccc(OC)cc1. The zero-order valence-corrected chi connectivity index (χ0v) is 16.9. The van der Waals surface area contributed by atoms with E-state index in [4.69, 9.17) is 21.1 Å². The molecule has 11 heteroatoms. The summed E-state index contributed by atoms with van der Waals surface area (Å²) in [7, 11) is -3.06. The van der Waals surface area contributed by atoms with E-state index in [9.17, 15) is 26.4 Å². The third kappa shape index (κ3) is 5.33. The van der Waals surface area contributed by atoms with E-state index in [1.807, 2.05) is 0 Å². The molecule has 0 aliphatic heterocycles. The number of sulfonamides is 1. The Bertz CT molecular complexity index is 978. The standard InChI is InChI=1S/C18H17ClF3NO5S/c1-3-28-17(24)11-23(16-10-12(18(20,21)22)4-9-15(16)19)29(25,26)14-7-5-13(27-2)6-8-14/h4-10H,3,11H2,1-2H3. The molecule has 0 saturated heterocycles. The van der Waals surface area contributed by atoms with Crippen molar-refractivity contribution >= 4 is 33.3 Å². The minimum Gasteiger partial charge on any atom is -0.497 e. The van der Waals surface area contributed by atoms with Crippen LogP contribution in [-0.2, 0) is 25.7 Å². The highest BCUT2D eigenvalue weighted by atomic mass is 35.5. The van der Waals surface area contributed by atoms with Gasteiger partial charge in [0, 0.05) is 0 Å². The van der Waals surface area contributed by atoms with Gasteiger partial charge in [0.1, 0.15) is 12.3 Å². The predicted octanol–water partition coefficient (Wildman–Crippen LogP) is 4.13. The van der Waals surface area contributed by atoms with Gasteiger partial charge < -0.3 is 9.47 Å². The summed E-state index contributed by atoms with van der Waals surface area (Å²) >= 11 is 6.00. The number of carbonyl (C=O) groups excluding carboxylic acids is 1. The highest BCUT2D eigenvalue weighted by Gasteiger charge is 2.34.